The molecule has 9 heteroatoms. The average Bonchev–Trinajstić information content (AvgIpc) is 3.24. The Hall–Kier alpha value is -2.52. The quantitative estimate of drug-likeness (QED) is 0.598. The van der Waals surface area contributed by atoms with Gasteiger partial charge >= 0.3 is 0 Å². The third-order valence-corrected chi connectivity index (χ3v) is 5.17. The minimum absolute atomic E-state index is 0.261. The van der Waals surface area contributed by atoms with E-state index in [2.05, 4.69) is 33.7 Å². The summed E-state index contributed by atoms with van der Waals surface area (Å²) >= 11 is 1.55. The number of aromatic nitrogens is 4. The number of nitrogens with one attached hydrogen (secondary N) is 1. The zero-order valence-corrected chi connectivity index (χ0v) is 16.1. The van der Waals surface area contributed by atoms with Crippen LogP contribution in [0.5, 0.6) is 11.5 Å². The molecule has 0 unspecified atom stereocenters. The lowest BCUT2D eigenvalue weighted by atomic mass is 10.3. The van der Waals surface area contributed by atoms with Gasteiger partial charge < -0.3 is 25.1 Å². The van der Waals surface area contributed by atoms with Crippen LogP contribution in [0.1, 0.15) is 20.3 Å². The monoisotopic (exact) mass is 386 g/mol. The Morgan fingerprint density at radius 3 is 2.96 bits per heavy atom. The molecule has 1 aliphatic rings. The molecule has 142 valence electrons. The molecule has 0 radical (unpaired) electrons. The molecule has 0 bridgehead atoms. The summed E-state index contributed by atoms with van der Waals surface area (Å²) in [5.41, 5.74) is 7.41. The van der Waals surface area contributed by atoms with Gasteiger partial charge in [-0.1, -0.05) is 25.6 Å². The second-order valence-electron chi connectivity index (χ2n) is 6.56. The fraction of sp³-hybridized carbons (Fsp3) is 0.389. The van der Waals surface area contributed by atoms with E-state index in [1.807, 2.05) is 18.2 Å². The molecule has 0 fully saturated rings. The van der Waals surface area contributed by atoms with Crippen molar-refractivity contribution in [3.8, 4) is 11.5 Å². The van der Waals surface area contributed by atoms with E-state index < -0.39 is 0 Å². The summed E-state index contributed by atoms with van der Waals surface area (Å²) in [7, 11) is 0. The molecule has 3 aromatic rings. The minimum atomic E-state index is 0.261. The van der Waals surface area contributed by atoms with Gasteiger partial charge in [0.05, 0.1) is 0 Å². The Morgan fingerprint density at radius 1 is 1.26 bits per heavy atom. The van der Waals surface area contributed by atoms with Crippen LogP contribution >= 0.6 is 11.8 Å². The zero-order valence-electron chi connectivity index (χ0n) is 15.3. The first kappa shape index (κ1) is 17.9. The summed E-state index contributed by atoms with van der Waals surface area (Å²) in [5, 5.41) is 4.27. The van der Waals surface area contributed by atoms with Gasteiger partial charge in [-0.2, -0.15) is 0 Å². The Kier molecular flexibility index (Phi) is 5.04. The van der Waals surface area contributed by atoms with Gasteiger partial charge in [-0.05, 0) is 31.2 Å². The van der Waals surface area contributed by atoms with Crippen LogP contribution in [0.2, 0.25) is 0 Å². The number of nitrogens with zero attached hydrogens (tertiary/aromatic N) is 4. The maximum absolute atomic E-state index is 6.02. The molecule has 0 spiro atoms. The van der Waals surface area contributed by atoms with Crippen LogP contribution in [0, 0.1) is 0 Å². The molecule has 0 aliphatic carbocycles. The maximum atomic E-state index is 6.02. The van der Waals surface area contributed by atoms with Gasteiger partial charge in [0.2, 0.25) is 6.79 Å². The third kappa shape index (κ3) is 3.79. The first-order chi connectivity index (χ1) is 13.1. The fourth-order valence-electron chi connectivity index (χ4n) is 2.89. The molecule has 0 saturated carbocycles. The number of hydrogen-bond donors (Lipinski definition) is 2. The number of nitrogen functional groups attached to an aromatic ring is 1. The standard InChI is InChI=1S/C18H22N6O2S/c1-11(2)20-6-3-7-24-17-15(16(19)21-9-22-17)23-18(24)27-12-4-5-13-14(8-12)26-10-25-13/h4-5,8-9,11,20H,3,6-7,10H2,1-2H3,(H2,19,21,22). The van der Waals surface area contributed by atoms with Crippen molar-refractivity contribution in [2.24, 2.45) is 0 Å². The van der Waals surface area contributed by atoms with E-state index in [1.54, 1.807) is 11.8 Å². The lowest BCUT2D eigenvalue weighted by Gasteiger charge is -2.11. The lowest BCUT2D eigenvalue weighted by Crippen LogP contribution is -2.24. The van der Waals surface area contributed by atoms with E-state index in [0.29, 0.717) is 17.4 Å². The number of hydrogen-bond acceptors (Lipinski definition) is 8. The average molecular weight is 386 g/mol. The summed E-state index contributed by atoms with van der Waals surface area (Å²) in [6.07, 6.45) is 2.44. The molecule has 0 atom stereocenters. The molecule has 0 amide bonds. The summed E-state index contributed by atoms with van der Waals surface area (Å²) < 4.78 is 13.0. The van der Waals surface area contributed by atoms with Crippen LogP contribution in [0.3, 0.4) is 0 Å². The highest BCUT2D eigenvalue weighted by Gasteiger charge is 2.18. The molecule has 8 nitrogen and oxygen atoms in total. The number of imidazole rings is 1. The normalized spacial score (nSPS) is 13.0. The van der Waals surface area contributed by atoms with Gasteiger partial charge in [0.15, 0.2) is 33.6 Å². The Morgan fingerprint density at radius 2 is 2.11 bits per heavy atom. The van der Waals surface area contributed by atoms with Crippen LogP contribution in [0.25, 0.3) is 11.2 Å². The van der Waals surface area contributed by atoms with E-state index in [1.165, 1.54) is 6.33 Å². The first-order valence-corrected chi connectivity index (χ1v) is 9.71. The molecule has 3 heterocycles. The topological polar surface area (TPSA) is 100 Å². The van der Waals surface area contributed by atoms with Crippen molar-refractivity contribution < 1.29 is 9.47 Å². The second-order valence-corrected chi connectivity index (χ2v) is 7.60. The zero-order chi connectivity index (χ0) is 18.8. The number of ether oxygens (including phenoxy) is 2. The Balaban J connectivity index is 1.62. The van der Waals surface area contributed by atoms with Crippen molar-refractivity contribution in [3.63, 3.8) is 0 Å². The third-order valence-electron chi connectivity index (χ3n) is 4.19. The number of fused-ring (bicyclic) bond motifs is 2. The highest BCUT2D eigenvalue weighted by Crippen LogP contribution is 2.38. The summed E-state index contributed by atoms with van der Waals surface area (Å²) in [4.78, 5) is 14.2. The van der Waals surface area contributed by atoms with Gasteiger partial charge in [-0.15, -0.1) is 0 Å². The van der Waals surface area contributed by atoms with Crippen molar-refractivity contribution in [2.45, 2.75) is 42.9 Å². The van der Waals surface area contributed by atoms with Crippen molar-refractivity contribution in [1.29, 1.82) is 0 Å². The van der Waals surface area contributed by atoms with Crippen LogP contribution in [0.15, 0.2) is 34.6 Å². The van der Waals surface area contributed by atoms with E-state index in [-0.39, 0.29) is 6.79 Å². The van der Waals surface area contributed by atoms with Crippen LogP contribution in [-0.4, -0.2) is 38.9 Å². The molecule has 4 rings (SSSR count). The SMILES string of the molecule is CC(C)NCCCn1c(Sc2ccc3c(c2)OCO3)nc2c(N)ncnc21. The smallest absolute Gasteiger partial charge is 0.231 e. The minimum Gasteiger partial charge on any atom is -0.454 e. The maximum Gasteiger partial charge on any atom is 0.231 e. The van der Waals surface area contributed by atoms with Crippen molar-refractivity contribution in [2.75, 3.05) is 19.1 Å². The Bertz CT molecular complexity index is 958. The predicted octanol–water partition coefficient (Wildman–Crippen LogP) is 2.68. The van der Waals surface area contributed by atoms with Gasteiger partial charge in [0.1, 0.15) is 6.33 Å². The second kappa shape index (κ2) is 7.61. The van der Waals surface area contributed by atoms with E-state index >= 15 is 0 Å². The fourth-order valence-corrected chi connectivity index (χ4v) is 3.82. The van der Waals surface area contributed by atoms with Gasteiger partial charge in [-0.3, -0.25) is 0 Å². The molecule has 1 aromatic carbocycles. The van der Waals surface area contributed by atoms with E-state index in [0.717, 1.165) is 46.7 Å². The molecule has 0 saturated heterocycles. The van der Waals surface area contributed by atoms with Crippen molar-refractivity contribution in [3.05, 3.63) is 24.5 Å². The Labute approximate surface area is 161 Å². The van der Waals surface area contributed by atoms with Gasteiger partial charge in [0.25, 0.3) is 0 Å². The van der Waals surface area contributed by atoms with E-state index in [9.17, 15) is 0 Å². The number of nitrogens with two attached hydrogens (primary N) is 1. The predicted molar refractivity (Wildman–Crippen MR) is 104 cm³/mol. The number of benzene rings is 1. The van der Waals surface area contributed by atoms with Crippen molar-refractivity contribution in [1.82, 2.24) is 24.8 Å². The van der Waals surface area contributed by atoms with E-state index in [4.69, 9.17) is 20.2 Å². The number of aryl methyl sites for hydroxylation is 1. The molecular weight excluding hydrogens is 364 g/mol. The number of anilines is 1. The van der Waals surface area contributed by atoms with Gasteiger partial charge in [0, 0.05) is 17.5 Å². The molecule has 1 aliphatic heterocycles. The highest BCUT2D eigenvalue weighted by atomic mass is 32.2. The summed E-state index contributed by atoms with van der Waals surface area (Å²) in [5.74, 6) is 1.91. The van der Waals surface area contributed by atoms with Crippen molar-refractivity contribution >= 4 is 28.7 Å². The summed E-state index contributed by atoms with van der Waals surface area (Å²) in [6.45, 7) is 6.26. The largest absolute Gasteiger partial charge is 0.454 e. The molecule has 27 heavy (non-hydrogen) atoms. The van der Waals surface area contributed by atoms with Gasteiger partial charge in [-0.25, -0.2) is 15.0 Å². The summed E-state index contributed by atoms with van der Waals surface area (Å²) in [6, 6.07) is 6.34. The molecular formula is C18H22N6O2S. The van der Waals surface area contributed by atoms with Crippen LogP contribution in [-0.2, 0) is 6.54 Å². The van der Waals surface area contributed by atoms with Crippen LogP contribution < -0.4 is 20.5 Å². The number of rotatable bonds is 7. The first-order valence-electron chi connectivity index (χ1n) is 8.89. The lowest BCUT2D eigenvalue weighted by molar-refractivity contribution is 0.174. The molecule has 2 aromatic heterocycles. The highest BCUT2D eigenvalue weighted by molar-refractivity contribution is 7.99. The van der Waals surface area contributed by atoms with Crippen LogP contribution in [0.4, 0.5) is 5.82 Å². The molecule has 3 N–H and O–H groups in total.